The van der Waals surface area contributed by atoms with Crippen LogP contribution in [0.25, 0.3) is 22.5 Å². The standard InChI is InChI=1S/C24H20F2N10O/c25-14-10-15-18(16(26)11-14)30-22(27)36-20(15)31-19(33-36)13-2-4-24(5-6-24)34(12-13)21(37)17-3-9-35(32-17)23-28-7-1-8-29-23/h1,3,7-11,13H,2,4-6,12H2,(H2,27,30)/t13-/m1/s1. The maximum Gasteiger partial charge on any atom is 0.274 e. The highest BCUT2D eigenvalue weighted by molar-refractivity contribution is 5.94. The number of nitrogen functional groups attached to an aromatic ring is 1. The van der Waals surface area contributed by atoms with Crippen molar-refractivity contribution in [1.29, 1.82) is 0 Å². The molecule has 2 N–H and O–H groups in total. The largest absolute Gasteiger partial charge is 0.368 e. The van der Waals surface area contributed by atoms with Gasteiger partial charge in [-0.2, -0.15) is 9.61 Å². The van der Waals surface area contributed by atoms with Crippen molar-refractivity contribution >= 4 is 28.4 Å². The molecule has 186 valence electrons. The molecule has 1 aliphatic carbocycles. The Morgan fingerprint density at radius 2 is 1.89 bits per heavy atom. The number of fused-ring (bicyclic) bond motifs is 3. The number of rotatable bonds is 3. The second-order valence-electron chi connectivity index (χ2n) is 9.53. The number of anilines is 1. The first-order valence-corrected chi connectivity index (χ1v) is 11.9. The normalized spacial score (nSPS) is 18.6. The quantitative estimate of drug-likeness (QED) is 0.398. The van der Waals surface area contributed by atoms with Gasteiger partial charge >= 0.3 is 0 Å². The number of hydrogen-bond donors (Lipinski definition) is 1. The number of nitrogens with zero attached hydrogens (tertiary/aromatic N) is 9. The summed E-state index contributed by atoms with van der Waals surface area (Å²) in [6, 6.07) is 5.29. The molecule has 0 bridgehead atoms. The van der Waals surface area contributed by atoms with Crippen LogP contribution >= 0.6 is 0 Å². The minimum absolute atomic E-state index is 0.0529. The summed E-state index contributed by atoms with van der Waals surface area (Å²) in [5.41, 5.74) is 6.29. The molecule has 1 aliphatic heterocycles. The number of carbonyl (C=O) groups is 1. The van der Waals surface area contributed by atoms with Gasteiger partial charge in [0.05, 0.1) is 5.39 Å². The summed E-state index contributed by atoms with van der Waals surface area (Å²) < 4.78 is 31.1. The van der Waals surface area contributed by atoms with Gasteiger partial charge in [0.25, 0.3) is 5.91 Å². The molecule has 0 radical (unpaired) electrons. The first kappa shape index (κ1) is 21.7. The van der Waals surface area contributed by atoms with Crippen molar-refractivity contribution in [2.24, 2.45) is 0 Å². The monoisotopic (exact) mass is 502 g/mol. The molecule has 1 spiro atoms. The molecule has 7 rings (SSSR count). The first-order chi connectivity index (χ1) is 17.9. The van der Waals surface area contributed by atoms with Crippen LogP contribution in [0.5, 0.6) is 0 Å². The van der Waals surface area contributed by atoms with Gasteiger partial charge in [-0.05, 0) is 43.9 Å². The van der Waals surface area contributed by atoms with Crippen LogP contribution in [0.1, 0.15) is 47.9 Å². The molecule has 2 aliphatic rings. The Morgan fingerprint density at radius 3 is 2.68 bits per heavy atom. The number of benzene rings is 1. The number of hydrogen-bond acceptors (Lipinski definition) is 8. The molecular weight excluding hydrogens is 482 g/mol. The topological polar surface area (TPSA) is 133 Å². The second kappa shape index (κ2) is 7.72. The van der Waals surface area contributed by atoms with Crippen LogP contribution in [-0.2, 0) is 0 Å². The van der Waals surface area contributed by atoms with Crippen molar-refractivity contribution in [1.82, 2.24) is 44.2 Å². The smallest absolute Gasteiger partial charge is 0.274 e. The summed E-state index contributed by atoms with van der Waals surface area (Å²) in [6.07, 6.45) is 8.28. The van der Waals surface area contributed by atoms with Gasteiger partial charge in [-0.1, -0.05) is 0 Å². The Bertz CT molecular complexity index is 1690. The lowest BCUT2D eigenvalue weighted by molar-refractivity contribution is 0.0530. The lowest BCUT2D eigenvalue weighted by Crippen LogP contribution is -2.48. The van der Waals surface area contributed by atoms with Gasteiger partial charge in [-0.15, -0.1) is 5.10 Å². The van der Waals surface area contributed by atoms with E-state index in [4.69, 9.17) is 5.73 Å². The average molecular weight is 502 g/mol. The van der Waals surface area contributed by atoms with Crippen molar-refractivity contribution in [2.45, 2.75) is 37.1 Å². The summed E-state index contributed by atoms with van der Waals surface area (Å²) in [7, 11) is 0. The van der Waals surface area contributed by atoms with Crippen molar-refractivity contribution in [3.8, 4) is 5.95 Å². The lowest BCUT2D eigenvalue weighted by atomic mass is 9.90. The number of piperidine rings is 1. The minimum Gasteiger partial charge on any atom is -0.368 e. The highest BCUT2D eigenvalue weighted by Crippen LogP contribution is 2.51. The van der Waals surface area contributed by atoms with Gasteiger partial charge in [0.1, 0.15) is 11.3 Å². The molecule has 1 saturated heterocycles. The Morgan fingerprint density at radius 1 is 1.08 bits per heavy atom. The molecule has 5 aromatic rings. The van der Waals surface area contributed by atoms with E-state index in [0.717, 1.165) is 31.7 Å². The van der Waals surface area contributed by atoms with E-state index in [1.807, 2.05) is 4.90 Å². The predicted molar refractivity (Wildman–Crippen MR) is 127 cm³/mol. The van der Waals surface area contributed by atoms with Gasteiger partial charge in [0, 0.05) is 42.7 Å². The van der Waals surface area contributed by atoms with Crippen LogP contribution in [0.2, 0.25) is 0 Å². The molecule has 1 amide bonds. The highest BCUT2D eigenvalue weighted by Gasteiger charge is 2.53. The molecule has 11 nitrogen and oxygen atoms in total. The van der Waals surface area contributed by atoms with E-state index >= 15 is 0 Å². The van der Waals surface area contributed by atoms with E-state index < -0.39 is 11.6 Å². The number of halogens is 2. The molecule has 1 saturated carbocycles. The fraction of sp³-hybridized carbons (Fsp3) is 0.292. The van der Waals surface area contributed by atoms with Crippen molar-refractivity contribution in [3.05, 3.63) is 66.0 Å². The molecule has 4 aromatic heterocycles. The van der Waals surface area contributed by atoms with Crippen molar-refractivity contribution < 1.29 is 13.6 Å². The van der Waals surface area contributed by atoms with Crippen LogP contribution in [0.4, 0.5) is 14.7 Å². The Kier molecular flexibility index (Phi) is 4.53. The summed E-state index contributed by atoms with van der Waals surface area (Å²) in [5.74, 6) is -1.17. The third-order valence-electron chi connectivity index (χ3n) is 7.27. The Balaban J connectivity index is 1.23. The number of amides is 1. The molecule has 1 aromatic carbocycles. The molecule has 5 heterocycles. The zero-order valence-electron chi connectivity index (χ0n) is 19.4. The third kappa shape index (κ3) is 3.41. The highest BCUT2D eigenvalue weighted by atomic mass is 19.1. The lowest BCUT2D eigenvalue weighted by Gasteiger charge is -2.39. The summed E-state index contributed by atoms with van der Waals surface area (Å²) >= 11 is 0. The zero-order valence-corrected chi connectivity index (χ0v) is 19.4. The van der Waals surface area contributed by atoms with Crippen molar-refractivity contribution in [2.75, 3.05) is 12.3 Å². The van der Waals surface area contributed by atoms with Crippen molar-refractivity contribution in [3.63, 3.8) is 0 Å². The Labute approximate surface area is 208 Å². The van der Waals surface area contributed by atoms with E-state index in [2.05, 4.69) is 30.1 Å². The SMILES string of the molecule is Nc1nc2c(F)cc(F)cc2c2nc([C@@H]3CCC4(CC4)N(C(=O)c4ccn(-c5ncccn5)n4)C3)nn12. The number of nitrogens with two attached hydrogens (primary N) is 1. The summed E-state index contributed by atoms with van der Waals surface area (Å²) in [5, 5.41) is 9.12. The number of aromatic nitrogens is 8. The van der Waals surface area contributed by atoms with Crippen LogP contribution in [0.15, 0.2) is 42.9 Å². The molecule has 1 atom stereocenters. The second-order valence-corrected chi connectivity index (χ2v) is 9.53. The van der Waals surface area contributed by atoms with Crippen LogP contribution in [0, 0.1) is 11.6 Å². The molecular formula is C24H20F2N10O. The van der Waals surface area contributed by atoms with Gasteiger partial charge in [-0.25, -0.2) is 33.4 Å². The average Bonchev–Trinajstić information content (AvgIpc) is 3.30. The number of likely N-dealkylation sites (tertiary alicyclic amines) is 1. The van der Waals surface area contributed by atoms with E-state index in [0.29, 0.717) is 24.0 Å². The zero-order chi connectivity index (χ0) is 25.3. The fourth-order valence-corrected chi connectivity index (χ4v) is 5.20. The maximum atomic E-state index is 14.3. The minimum atomic E-state index is -0.820. The van der Waals surface area contributed by atoms with E-state index in [1.54, 1.807) is 30.7 Å². The van der Waals surface area contributed by atoms with Crippen LogP contribution in [-0.4, -0.2) is 62.2 Å². The van der Waals surface area contributed by atoms with E-state index in [9.17, 15) is 13.6 Å². The maximum absolute atomic E-state index is 14.3. The molecule has 0 unspecified atom stereocenters. The van der Waals surface area contributed by atoms with Gasteiger partial charge in [0.2, 0.25) is 11.9 Å². The van der Waals surface area contributed by atoms with Gasteiger partial charge in [0.15, 0.2) is 23.0 Å². The van der Waals surface area contributed by atoms with Crippen LogP contribution < -0.4 is 5.73 Å². The molecule has 13 heteroatoms. The molecule has 2 fully saturated rings. The van der Waals surface area contributed by atoms with Crippen LogP contribution in [0.3, 0.4) is 0 Å². The van der Waals surface area contributed by atoms with E-state index in [-0.39, 0.29) is 39.9 Å². The van der Waals surface area contributed by atoms with Gasteiger partial charge in [-0.3, -0.25) is 4.79 Å². The summed E-state index contributed by atoms with van der Waals surface area (Å²) in [4.78, 5) is 32.5. The summed E-state index contributed by atoms with van der Waals surface area (Å²) in [6.45, 7) is 0.387. The third-order valence-corrected chi connectivity index (χ3v) is 7.27. The first-order valence-electron chi connectivity index (χ1n) is 11.9. The Hall–Kier alpha value is -4.55. The predicted octanol–water partition coefficient (Wildman–Crippen LogP) is 2.67. The van der Waals surface area contributed by atoms with E-state index in [1.165, 1.54) is 15.3 Å². The fourth-order valence-electron chi connectivity index (χ4n) is 5.20. The number of carbonyl (C=O) groups excluding carboxylic acids is 1. The molecule has 37 heavy (non-hydrogen) atoms. The van der Waals surface area contributed by atoms with Gasteiger partial charge < -0.3 is 10.6 Å².